The van der Waals surface area contributed by atoms with Crippen molar-refractivity contribution in [1.29, 1.82) is 0 Å². The predicted molar refractivity (Wildman–Crippen MR) is 24.0 cm³/mol. The number of carboxylic acid groups (broad SMARTS) is 1. The summed E-state index contributed by atoms with van der Waals surface area (Å²) in [5, 5.41) is 25.7. The van der Waals surface area contributed by atoms with E-state index >= 15 is 0 Å². The van der Waals surface area contributed by atoms with Crippen LogP contribution in [0.2, 0.25) is 0 Å². The number of carbonyl (C=O) groups is 1. The first-order valence-corrected chi connectivity index (χ1v) is 1.87. The van der Waals surface area contributed by atoms with Gasteiger partial charge >= 0.3 is 6.09 Å². The molecule has 0 saturated carbocycles. The van der Waals surface area contributed by atoms with Crippen LogP contribution in [0.15, 0.2) is 0 Å². The standard InChI is InChI=1S/C3H7NO4/c1-3(7,8)4-2(5)6/h4,7-8H,1H3,(H,5,6). The van der Waals surface area contributed by atoms with E-state index in [2.05, 4.69) is 0 Å². The Kier molecular flexibility index (Phi) is 1.77. The summed E-state index contributed by atoms with van der Waals surface area (Å²) in [6.45, 7) is 0.904. The van der Waals surface area contributed by atoms with Crippen molar-refractivity contribution in [1.82, 2.24) is 5.32 Å². The fourth-order valence-electron chi connectivity index (χ4n) is 0.203. The Labute approximate surface area is 45.6 Å². The molecular weight excluding hydrogens is 114 g/mol. The van der Waals surface area contributed by atoms with Crippen LogP contribution in [0.25, 0.3) is 0 Å². The molecule has 8 heavy (non-hydrogen) atoms. The molecule has 0 unspecified atom stereocenters. The molecule has 0 radical (unpaired) electrons. The maximum absolute atomic E-state index is 9.58. The molecule has 0 spiro atoms. The van der Waals surface area contributed by atoms with Crippen LogP contribution in [0.4, 0.5) is 4.79 Å². The second kappa shape index (κ2) is 1.97. The zero-order chi connectivity index (χ0) is 6.78. The molecule has 0 aliphatic rings. The van der Waals surface area contributed by atoms with Crippen molar-refractivity contribution in [3.63, 3.8) is 0 Å². The van der Waals surface area contributed by atoms with Crippen molar-refractivity contribution >= 4 is 6.09 Å². The van der Waals surface area contributed by atoms with Crippen LogP contribution in [0.1, 0.15) is 6.92 Å². The number of amides is 1. The van der Waals surface area contributed by atoms with Gasteiger partial charge in [-0.25, -0.2) is 4.79 Å². The average Bonchev–Trinajstić information content (AvgIpc) is 1.21. The van der Waals surface area contributed by atoms with Crippen molar-refractivity contribution < 1.29 is 20.1 Å². The first-order chi connectivity index (χ1) is 3.42. The second-order valence-electron chi connectivity index (χ2n) is 1.45. The fraction of sp³-hybridized carbons (Fsp3) is 0.667. The normalized spacial score (nSPS) is 10.9. The number of aliphatic hydroxyl groups is 2. The van der Waals surface area contributed by atoms with Crippen molar-refractivity contribution in [2.75, 3.05) is 0 Å². The van der Waals surface area contributed by atoms with Crippen LogP contribution >= 0.6 is 0 Å². The lowest BCUT2D eigenvalue weighted by molar-refractivity contribution is -0.161. The number of hydrogen-bond donors (Lipinski definition) is 4. The highest BCUT2D eigenvalue weighted by atomic mass is 16.5. The van der Waals surface area contributed by atoms with E-state index in [-0.39, 0.29) is 0 Å². The topological polar surface area (TPSA) is 89.8 Å². The molecule has 5 heteroatoms. The molecule has 0 bridgehead atoms. The van der Waals surface area contributed by atoms with E-state index in [1.807, 2.05) is 0 Å². The zero-order valence-corrected chi connectivity index (χ0v) is 4.25. The Bertz CT molecular complexity index is 93.9. The van der Waals surface area contributed by atoms with E-state index in [0.29, 0.717) is 0 Å². The van der Waals surface area contributed by atoms with E-state index in [1.165, 1.54) is 5.32 Å². The van der Waals surface area contributed by atoms with Crippen LogP contribution in [-0.4, -0.2) is 27.3 Å². The summed E-state index contributed by atoms with van der Waals surface area (Å²) in [5.41, 5.74) is 0. The average molecular weight is 121 g/mol. The Morgan fingerprint density at radius 1 is 1.62 bits per heavy atom. The smallest absolute Gasteiger partial charge is 0.408 e. The molecule has 0 aliphatic heterocycles. The lowest BCUT2D eigenvalue weighted by atomic mass is 10.6. The van der Waals surface area contributed by atoms with E-state index in [0.717, 1.165) is 6.92 Å². The van der Waals surface area contributed by atoms with Gasteiger partial charge in [0.1, 0.15) is 0 Å². The monoisotopic (exact) mass is 121 g/mol. The summed E-state index contributed by atoms with van der Waals surface area (Å²) < 4.78 is 0. The minimum absolute atomic E-state index is 0.904. The third kappa shape index (κ3) is 5.19. The number of rotatable bonds is 1. The van der Waals surface area contributed by atoms with Crippen LogP contribution in [-0.2, 0) is 0 Å². The first-order valence-electron chi connectivity index (χ1n) is 1.87. The molecule has 48 valence electrons. The lowest BCUT2D eigenvalue weighted by Gasteiger charge is -2.13. The molecule has 0 heterocycles. The highest BCUT2D eigenvalue weighted by Gasteiger charge is 2.16. The molecule has 0 aromatic heterocycles. The Hall–Kier alpha value is -0.810. The molecule has 0 aromatic rings. The summed E-state index contributed by atoms with van der Waals surface area (Å²) in [4.78, 5) is 9.58. The summed E-state index contributed by atoms with van der Waals surface area (Å²) in [7, 11) is 0. The molecule has 0 rings (SSSR count). The maximum atomic E-state index is 9.58. The van der Waals surface area contributed by atoms with Crippen LogP contribution < -0.4 is 5.32 Å². The Morgan fingerprint density at radius 3 is 2.00 bits per heavy atom. The number of hydrogen-bond acceptors (Lipinski definition) is 3. The fourth-order valence-corrected chi connectivity index (χ4v) is 0.203. The summed E-state index contributed by atoms with van der Waals surface area (Å²) >= 11 is 0. The summed E-state index contributed by atoms with van der Waals surface area (Å²) in [5.74, 6) is -2.33. The van der Waals surface area contributed by atoms with E-state index in [1.54, 1.807) is 0 Å². The highest BCUT2D eigenvalue weighted by molar-refractivity contribution is 5.64. The molecule has 0 aromatic carbocycles. The molecule has 0 saturated heterocycles. The Morgan fingerprint density at radius 2 is 2.00 bits per heavy atom. The van der Waals surface area contributed by atoms with E-state index in [4.69, 9.17) is 15.3 Å². The van der Waals surface area contributed by atoms with Gasteiger partial charge in [0.25, 0.3) is 0 Å². The van der Waals surface area contributed by atoms with Gasteiger partial charge in [-0.15, -0.1) is 0 Å². The van der Waals surface area contributed by atoms with Gasteiger partial charge in [0.05, 0.1) is 0 Å². The van der Waals surface area contributed by atoms with Crippen LogP contribution in [0.5, 0.6) is 0 Å². The molecule has 1 amide bonds. The third-order valence-corrected chi connectivity index (χ3v) is 0.344. The molecule has 5 nitrogen and oxygen atoms in total. The predicted octanol–water partition coefficient (Wildman–Crippen LogP) is -1.09. The van der Waals surface area contributed by atoms with Crippen LogP contribution in [0.3, 0.4) is 0 Å². The van der Waals surface area contributed by atoms with Gasteiger partial charge in [0, 0.05) is 6.92 Å². The largest absolute Gasteiger partial charge is 0.465 e. The highest BCUT2D eigenvalue weighted by Crippen LogP contribution is 1.86. The molecular formula is C3H7NO4. The molecule has 0 aliphatic carbocycles. The zero-order valence-electron chi connectivity index (χ0n) is 4.25. The molecule has 0 atom stereocenters. The van der Waals surface area contributed by atoms with Gasteiger partial charge in [-0.2, -0.15) is 0 Å². The Balaban J connectivity index is 3.55. The quantitative estimate of drug-likeness (QED) is 0.332. The number of nitrogens with one attached hydrogen (secondary N) is 1. The minimum Gasteiger partial charge on any atom is -0.465 e. The summed E-state index contributed by atoms with van der Waals surface area (Å²) in [6.07, 6.45) is -1.47. The molecule has 4 N–H and O–H groups in total. The van der Waals surface area contributed by atoms with Crippen molar-refractivity contribution in [2.24, 2.45) is 0 Å². The molecule has 0 fully saturated rings. The van der Waals surface area contributed by atoms with Crippen molar-refractivity contribution in [3.05, 3.63) is 0 Å². The first kappa shape index (κ1) is 7.19. The third-order valence-electron chi connectivity index (χ3n) is 0.344. The SMILES string of the molecule is CC(O)(O)NC(=O)O. The summed E-state index contributed by atoms with van der Waals surface area (Å²) in [6, 6.07) is 0. The van der Waals surface area contributed by atoms with Crippen molar-refractivity contribution in [3.8, 4) is 0 Å². The van der Waals surface area contributed by atoms with E-state index < -0.39 is 12.0 Å². The van der Waals surface area contributed by atoms with Gasteiger partial charge in [-0.1, -0.05) is 0 Å². The maximum Gasteiger partial charge on any atom is 0.408 e. The van der Waals surface area contributed by atoms with Crippen molar-refractivity contribution in [2.45, 2.75) is 12.8 Å². The van der Waals surface area contributed by atoms with Gasteiger partial charge in [-0.05, 0) is 0 Å². The van der Waals surface area contributed by atoms with E-state index in [9.17, 15) is 4.79 Å². The van der Waals surface area contributed by atoms with Gasteiger partial charge in [-0.3, -0.25) is 5.32 Å². The second-order valence-corrected chi connectivity index (χ2v) is 1.45. The van der Waals surface area contributed by atoms with Gasteiger partial charge in [0.15, 0.2) is 0 Å². The van der Waals surface area contributed by atoms with Crippen LogP contribution in [0, 0.1) is 0 Å². The van der Waals surface area contributed by atoms with Gasteiger partial charge in [0.2, 0.25) is 5.91 Å². The van der Waals surface area contributed by atoms with Gasteiger partial charge < -0.3 is 15.3 Å². The lowest BCUT2D eigenvalue weighted by Crippen LogP contribution is -2.44. The minimum atomic E-state index is -2.33.